The van der Waals surface area contributed by atoms with E-state index >= 15 is 0 Å². The Morgan fingerprint density at radius 2 is 2.11 bits per heavy atom. The van der Waals surface area contributed by atoms with Crippen LogP contribution in [-0.2, 0) is 10.2 Å². The van der Waals surface area contributed by atoms with Crippen molar-refractivity contribution in [3.05, 3.63) is 30.1 Å². The second-order valence-electron chi connectivity index (χ2n) is 4.53. The monoisotopic (exact) mass is 288 g/mol. The number of rotatable bonds is 4. The molecule has 0 radical (unpaired) electrons. The maximum absolute atomic E-state index is 13.5. The molecule has 19 heavy (non-hydrogen) atoms. The summed E-state index contributed by atoms with van der Waals surface area (Å²) in [4.78, 5) is 0. The van der Waals surface area contributed by atoms with E-state index in [0.717, 1.165) is 12.8 Å². The Bertz CT molecular complexity index is 536. The third-order valence-corrected chi connectivity index (χ3v) is 4.78. The second-order valence-corrected chi connectivity index (χ2v) is 6.15. The highest BCUT2D eigenvalue weighted by Gasteiger charge is 2.32. The van der Waals surface area contributed by atoms with Gasteiger partial charge in [-0.2, -0.15) is 12.7 Å². The zero-order chi connectivity index (χ0) is 13.9. The highest BCUT2D eigenvalue weighted by molar-refractivity contribution is 7.90. The van der Waals surface area contributed by atoms with Gasteiger partial charge in [0.15, 0.2) is 0 Å². The van der Waals surface area contributed by atoms with Gasteiger partial charge >= 0.3 is 10.2 Å². The van der Waals surface area contributed by atoms with E-state index in [1.807, 2.05) is 0 Å². The maximum Gasteiger partial charge on any atom is 0.302 e. The highest BCUT2D eigenvalue weighted by Crippen LogP contribution is 2.22. The molecule has 1 aliphatic rings. The molecule has 2 rings (SSSR count). The number of aliphatic hydroxyl groups is 1. The molecule has 106 valence electrons. The summed E-state index contributed by atoms with van der Waals surface area (Å²) in [7, 11) is -3.84. The molecule has 0 aliphatic carbocycles. The molecule has 0 spiro atoms. The summed E-state index contributed by atoms with van der Waals surface area (Å²) in [6.45, 7) is 0.118. The number of benzene rings is 1. The van der Waals surface area contributed by atoms with Crippen molar-refractivity contribution in [1.29, 1.82) is 0 Å². The molecule has 1 heterocycles. The van der Waals surface area contributed by atoms with Crippen molar-refractivity contribution in [2.75, 3.05) is 17.9 Å². The van der Waals surface area contributed by atoms with Gasteiger partial charge in [-0.25, -0.2) is 4.39 Å². The first-order chi connectivity index (χ1) is 9.04. The lowest BCUT2D eigenvalue weighted by Crippen LogP contribution is -2.48. The Hall–Kier alpha value is -1.18. The molecule has 1 aliphatic heterocycles. The Labute approximate surface area is 112 Å². The van der Waals surface area contributed by atoms with Crippen molar-refractivity contribution in [2.45, 2.75) is 25.3 Å². The molecule has 0 amide bonds. The van der Waals surface area contributed by atoms with Gasteiger partial charge in [0.2, 0.25) is 0 Å². The molecule has 7 heteroatoms. The Morgan fingerprint density at radius 3 is 2.79 bits per heavy atom. The minimum absolute atomic E-state index is 0.0789. The van der Waals surface area contributed by atoms with Crippen LogP contribution in [0.25, 0.3) is 0 Å². The van der Waals surface area contributed by atoms with E-state index in [9.17, 15) is 17.9 Å². The lowest BCUT2D eigenvalue weighted by atomic mass is 10.1. The van der Waals surface area contributed by atoms with Crippen molar-refractivity contribution in [1.82, 2.24) is 4.31 Å². The number of nitrogens with zero attached hydrogens (tertiary/aromatic N) is 1. The average molecular weight is 288 g/mol. The minimum atomic E-state index is -3.84. The highest BCUT2D eigenvalue weighted by atomic mass is 32.2. The van der Waals surface area contributed by atoms with E-state index in [0.29, 0.717) is 13.0 Å². The number of hydrogen-bond acceptors (Lipinski definition) is 3. The van der Waals surface area contributed by atoms with Gasteiger partial charge in [-0.15, -0.1) is 0 Å². The predicted molar refractivity (Wildman–Crippen MR) is 70.4 cm³/mol. The largest absolute Gasteiger partial charge is 0.395 e. The summed E-state index contributed by atoms with van der Waals surface area (Å²) in [5, 5.41) is 9.24. The zero-order valence-corrected chi connectivity index (χ0v) is 11.2. The molecule has 1 unspecified atom stereocenters. The molecule has 1 saturated heterocycles. The van der Waals surface area contributed by atoms with Crippen molar-refractivity contribution in [3.8, 4) is 0 Å². The zero-order valence-electron chi connectivity index (χ0n) is 10.4. The number of piperidine rings is 1. The standard InChI is InChI=1S/C12H17FN2O3S/c13-11-6-1-2-7-12(11)14-19(17,18)15-8-4-3-5-10(15)9-16/h1-2,6-7,10,14,16H,3-5,8-9H2. The predicted octanol–water partition coefficient (Wildman–Crippen LogP) is 1.33. The fraction of sp³-hybridized carbons (Fsp3) is 0.500. The van der Waals surface area contributed by atoms with Crippen LogP contribution in [0.4, 0.5) is 10.1 Å². The van der Waals surface area contributed by atoms with Gasteiger partial charge in [-0.05, 0) is 25.0 Å². The van der Waals surface area contributed by atoms with E-state index in [1.165, 1.54) is 22.5 Å². The molecular weight excluding hydrogens is 271 g/mol. The molecule has 2 N–H and O–H groups in total. The van der Waals surface area contributed by atoms with Gasteiger partial charge in [0.25, 0.3) is 0 Å². The first kappa shape index (κ1) is 14.2. The third kappa shape index (κ3) is 3.23. The quantitative estimate of drug-likeness (QED) is 0.878. The van der Waals surface area contributed by atoms with Crippen LogP contribution >= 0.6 is 0 Å². The van der Waals surface area contributed by atoms with Gasteiger partial charge in [0, 0.05) is 12.6 Å². The lowest BCUT2D eigenvalue weighted by Gasteiger charge is -2.33. The molecular formula is C12H17FN2O3S. The third-order valence-electron chi connectivity index (χ3n) is 3.21. The first-order valence-electron chi connectivity index (χ1n) is 6.19. The van der Waals surface area contributed by atoms with Crippen molar-refractivity contribution in [3.63, 3.8) is 0 Å². The fourth-order valence-corrected chi connectivity index (χ4v) is 3.71. The summed E-state index contributed by atoms with van der Waals surface area (Å²) in [5.41, 5.74) is -0.0789. The van der Waals surface area contributed by atoms with Gasteiger partial charge in [-0.1, -0.05) is 18.6 Å². The normalized spacial score (nSPS) is 21.3. The summed E-state index contributed by atoms with van der Waals surface area (Å²) in [6.07, 6.45) is 2.25. The van der Waals surface area contributed by atoms with Crippen molar-refractivity contribution in [2.24, 2.45) is 0 Å². The number of nitrogens with one attached hydrogen (secondary N) is 1. The Morgan fingerprint density at radius 1 is 1.37 bits per heavy atom. The number of aliphatic hydroxyl groups excluding tert-OH is 1. The molecule has 0 aromatic heterocycles. The molecule has 1 aromatic rings. The molecule has 5 nitrogen and oxygen atoms in total. The molecule has 0 bridgehead atoms. The van der Waals surface area contributed by atoms with Crippen LogP contribution in [0.5, 0.6) is 0 Å². The van der Waals surface area contributed by atoms with Crippen molar-refractivity contribution >= 4 is 15.9 Å². The average Bonchev–Trinajstić information content (AvgIpc) is 2.41. The molecule has 1 atom stereocenters. The summed E-state index contributed by atoms with van der Waals surface area (Å²) in [6, 6.07) is 5.17. The topological polar surface area (TPSA) is 69.6 Å². The van der Waals surface area contributed by atoms with Gasteiger partial charge in [0.1, 0.15) is 5.82 Å². The molecule has 0 saturated carbocycles. The second kappa shape index (κ2) is 5.85. The fourth-order valence-electron chi connectivity index (χ4n) is 2.21. The van der Waals surface area contributed by atoms with Crippen LogP contribution in [0.1, 0.15) is 19.3 Å². The Kier molecular flexibility index (Phi) is 4.38. The van der Waals surface area contributed by atoms with E-state index < -0.39 is 22.1 Å². The maximum atomic E-state index is 13.5. The summed E-state index contributed by atoms with van der Waals surface area (Å²) < 4.78 is 41.3. The van der Waals surface area contributed by atoms with Crippen LogP contribution in [0.2, 0.25) is 0 Å². The number of hydrogen-bond donors (Lipinski definition) is 2. The van der Waals surface area contributed by atoms with Crippen LogP contribution in [0.3, 0.4) is 0 Å². The van der Waals surface area contributed by atoms with Crippen molar-refractivity contribution < 1.29 is 17.9 Å². The summed E-state index contributed by atoms with van der Waals surface area (Å²) >= 11 is 0. The van der Waals surface area contributed by atoms with Crippen LogP contribution in [-0.4, -0.2) is 37.0 Å². The lowest BCUT2D eigenvalue weighted by molar-refractivity contribution is 0.156. The van der Waals surface area contributed by atoms with Crippen LogP contribution in [0, 0.1) is 5.82 Å². The molecule has 1 fully saturated rings. The van der Waals surface area contributed by atoms with Crippen LogP contribution in [0.15, 0.2) is 24.3 Å². The van der Waals surface area contributed by atoms with Gasteiger partial charge in [0.05, 0.1) is 12.3 Å². The van der Waals surface area contributed by atoms with Crippen LogP contribution < -0.4 is 4.72 Å². The van der Waals surface area contributed by atoms with E-state index in [-0.39, 0.29) is 12.3 Å². The minimum Gasteiger partial charge on any atom is -0.395 e. The number of para-hydroxylation sites is 1. The summed E-state index contributed by atoms with van der Waals surface area (Å²) in [5.74, 6) is -0.622. The first-order valence-corrected chi connectivity index (χ1v) is 7.63. The SMILES string of the molecule is O=S(=O)(Nc1ccccc1F)N1CCCCC1CO. The number of halogens is 1. The Balaban J connectivity index is 2.20. The van der Waals surface area contributed by atoms with E-state index in [1.54, 1.807) is 6.07 Å². The molecule has 1 aromatic carbocycles. The smallest absolute Gasteiger partial charge is 0.302 e. The van der Waals surface area contributed by atoms with E-state index in [4.69, 9.17) is 0 Å². The van der Waals surface area contributed by atoms with Gasteiger partial charge in [-0.3, -0.25) is 4.72 Å². The van der Waals surface area contributed by atoms with Gasteiger partial charge < -0.3 is 5.11 Å². The van der Waals surface area contributed by atoms with E-state index in [2.05, 4.69) is 4.72 Å². The number of anilines is 1.